The maximum atomic E-state index is 13.4. The van der Waals surface area contributed by atoms with E-state index in [1.165, 1.54) is 0 Å². The number of nitrogens with one attached hydrogen (secondary N) is 2. The van der Waals surface area contributed by atoms with E-state index >= 15 is 0 Å². The van der Waals surface area contributed by atoms with Crippen LogP contribution in [0.4, 0.5) is 13.2 Å². The van der Waals surface area contributed by atoms with E-state index in [0.717, 1.165) is 12.8 Å². The topological polar surface area (TPSA) is 95.6 Å². The van der Waals surface area contributed by atoms with Crippen molar-refractivity contribution in [1.82, 2.24) is 15.5 Å². The van der Waals surface area contributed by atoms with Gasteiger partial charge in [-0.05, 0) is 43.9 Å². The van der Waals surface area contributed by atoms with Crippen molar-refractivity contribution in [3.05, 3.63) is 0 Å². The summed E-state index contributed by atoms with van der Waals surface area (Å²) in [6, 6.07) is -0.657. The number of carbonyl (C=O) groups is 4. The van der Waals surface area contributed by atoms with Gasteiger partial charge in [0.15, 0.2) is 0 Å². The van der Waals surface area contributed by atoms with E-state index in [-0.39, 0.29) is 55.4 Å². The molecule has 0 radical (unpaired) electrons. The SMILES string of the molecule is O=C1CCC(N2CC3C(CNC(=O)C4CCCCC4C(F)(F)F)CCCC3C2=O)C(=O)N1. The van der Waals surface area contributed by atoms with Crippen LogP contribution in [0.1, 0.15) is 57.8 Å². The van der Waals surface area contributed by atoms with Gasteiger partial charge in [-0.25, -0.2) is 0 Å². The lowest BCUT2D eigenvalue weighted by atomic mass is 9.73. The highest BCUT2D eigenvalue weighted by molar-refractivity contribution is 6.02. The van der Waals surface area contributed by atoms with Crippen LogP contribution in [-0.4, -0.2) is 53.8 Å². The Labute approximate surface area is 184 Å². The Morgan fingerprint density at radius 2 is 1.78 bits per heavy atom. The van der Waals surface area contributed by atoms with Crippen molar-refractivity contribution in [3.63, 3.8) is 0 Å². The fraction of sp³-hybridized carbons (Fsp3) is 0.818. The smallest absolute Gasteiger partial charge is 0.356 e. The monoisotopic (exact) mass is 457 g/mol. The van der Waals surface area contributed by atoms with Crippen LogP contribution >= 0.6 is 0 Å². The first-order valence-corrected chi connectivity index (χ1v) is 11.7. The van der Waals surface area contributed by atoms with Crippen LogP contribution in [0.5, 0.6) is 0 Å². The van der Waals surface area contributed by atoms with Crippen molar-refractivity contribution in [1.29, 1.82) is 0 Å². The lowest BCUT2D eigenvalue weighted by molar-refractivity contribution is -0.198. The maximum Gasteiger partial charge on any atom is 0.392 e. The van der Waals surface area contributed by atoms with Crippen LogP contribution in [0, 0.1) is 29.6 Å². The van der Waals surface area contributed by atoms with Gasteiger partial charge in [0.25, 0.3) is 0 Å². The minimum absolute atomic E-state index is 0.00880. The number of alkyl halides is 3. The van der Waals surface area contributed by atoms with Crippen LogP contribution in [0.15, 0.2) is 0 Å². The minimum Gasteiger partial charge on any atom is -0.356 e. The molecule has 6 unspecified atom stereocenters. The Morgan fingerprint density at radius 3 is 2.50 bits per heavy atom. The number of carbonyl (C=O) groups excluding carboxylic acids is 4. The minimum atomic E-state index is -4.38. The summed E-state index contributed by atoms with van der Waals surface area (Å²) in [5, 5.41) is 5.06. The van der Waals surface area contributed by atoms with Crippen molar-refractivity contribution < 1.29 is 32.3 Å². The van der Waals surface area contributed by atoms with Gasteiger partial charge in [0, 0.05) is 31.3 Å². The highest BCUT2D eigenvalue weighted by atomic mass is 19.4. The van der Waals surface area contributed by atoms with E-state index in [9.17, 15) is 32.3 Å². The van der Waals surface area contributed by atoms with Gasteiger partial charge in [0.1, 0.15) is 6.04 Å². The number of imide groups is 1. The highest BCUT2D eigenvalue weighted by Gasteiger charge is 2.51. The van der Waals surface area contributed by atoms with E-state index in [1.807, 2.05) is 0 Å². The summed E-state index contributed by atoms with van der Waals surface area (Å²) in [6.07, 6.45) is -0.257. The molecule has 4 aliphatic rings. The van der Waals surface area contributed by atoms with Crippen molar-refractivity contribution in [2.75, 3.05) is 13.1 Å². The second-order valence-corrected chi connectivity index (χ2v) is 9.70. The van der Waals surface area contributed by atoms with Gasteiger partial charge < -0.3 is 10.2 Å². The molecule has 32 heavy (non-hydrogen) atoms. The Bertz CT molecular complexity index is 787. The Morgan fingerprint density at radius 1 is 1.03 bits per heavy atom. The number of piperidine rings is 1. The van der Waals surface area contributed by atoms with Gasteiger partial charge in [-0.1, -0.05) is 19.3 Å². The number of hydrogen-bond donors (Lipinski definition) is 2. The molecule has 2 aliphatic heterocycles. The molecule has 0 bridgehead atoms. The van der Waals surface area contributed by atoms with Crippen LogP contribution in [0.3, 0.4) is 0 Å². The van der Waals surface area contributed by atoms with Gasteiger partial charge in [0.2, 0.25) is 23.6 Å². The van der Waals surface area contributed by atoms with Gasteiger partial charge in [0.05, 0.1) is 5.92 Å². The van der Waals surface area contributed by atoms with Crippen molar-refractivity contribution in [2.45, 2.75) is 70.0 Å². The van der Waals surface area contributed by atoms with Gasteiger partial charge in [-0.15, -0.1) is 0 Å². The Kier molecular flexibility index (Phi) is 6.49. The molecule has 0 aromatic heterocycles. The number of nitrogens with zero attached hydrogens (tertiary/aromatic N) is 1. The number of hydrogen-bond acceptors (Lipinski definition) is 4. The lowest BCUT2D eigenvalue weighted by Crippen LogP contribution is -2.53. The molecule has 2 aliphatic carbocycles. The first-order chi connectivity index (χ1) is 15.2. The van der Waals surface area contributed by atoms with Gasteiger partial charge in [-0.2, -0.15) is 13.2 Å². The summed E-state index contributed by atoms with van der Waals surface area (Å²) < 4.78 is 40.1. The van der Waals surface area contributed by atoms with E-state index in [4.69, 9.17) is 0 Å². The van der Waals surface area contributed by atoms with Gasteiger partial charge >= 0.3 is 6.18 Å². The van der Waals surface area contributed by atoms with Crippen LogP contribution in [0.2, 0.25) is 0 Å². The summed E-state index contributed by atoms with van der Waals surface area (Å²) in [5.41, 5.74) is 0. The molecule has 0 aromatic carbocycles. The predicted molar refractivity (Wildman–Crippen MR) is 107 cm³/mol. The molecule has 4 amide bonds. The molecule has 4 rings (SSSR count). The molecule has 0 spiro atoms. The predicted octanol–water partition coefficient (Wildman–Crippen LogP) is 2.15. The molecule has 0 aromatic rings. The zero-order valence-corrected chi connectivity index (χ0v) is 18.0. The molecule has 178 valence electrons. The molecule has 2 saturated heterocycles. The largest absolute Gasteiger partial charge is 0.392 e. The van der Waals surface area contributed by atoms with E-state index < -0.39 is 35.9 Å². The first-order valence-electron chi connectivity index (χ1n) is 11.7. The lowest BCUT2D eigenvalue weighted by Gasteiger charge is -2.34. The standard InChI is InChI=1S/C22H30F3N3O4/c23-22(24,25)16-7-2-1-5-14(16)19(30)26-10-12-4-3-6-13-15(12)11-28(21(13)32)17-8-9-18(29)27-20(17)31/h12-17H,1-11H2,(H,26,30)(H,27,29,31). The van der Waals surface area contributed by atoms with Crippen molar-refractivity contribution in [2.24, 2.45) is 29.6 Å². The van der Waals surface area contributed by atoms with Crippen LogP contribution in [0.25, 0.3) is 0 Å². The summed E-state index contributed by atoms with van der Waals surface area (Å²) in [4.78, 5) is 50.9. The number of amides is 4. The second kappa shape index (κ2) is 9.02. The molecule has 2 saturated carbocycles. The van der Waals surface area contributed by atoms with E-state index in [2.05, 4.69) is 10.6 Å². The molecule has 2 N–H and O–H groups in total. The number of likely N-dealkylation sites (tertiary alicyclic amines) is 1. The molecule has 4 fully saturated rings. The fourth-order valence-electron chi connectivity index (χ4n) is 6.18. The molecule has 7 nitrogen and oxygen atoms in total. The zero-order chi connectivity index (χ0) is 23.0. The fourth-order valence-corrected chi connectivity index (χ4v) is 6.18. The molecular formula is C22H30F3N3O4. The third kappa shape index (κ3) is 4.50. The third-order valence-electron chi connectivity index (χ3n) is 7.87. The third-order valence-corrected chi connectivity index (χ3v) is 7.87. The second-order valence-electron chi connectivity index (χ2n) is 9.70. The summed E-state index contributed by atoms with van der Waals surface area (Å²) in [5.74, 6) is -4.37. The van der Waals surface area contributed by atoms with E-state index in [0.29, 0.717) is 32.2 Å². The first kappa shape index (κ1) is 23.0. The molecule has 2 heterocycles. The van der Waals surface area contributed by atoms with Crippen LogP contribution in [-0.2, 0) is 19.2 Å². The highest BCUT2D eigenvalue weighted by Crippen LogP contribution is 2.43. The van der Waals surface area contributed by atoms with Crippen LogP contribution < -0.4 is 10.6 Å². The average molecular weight is 457 g/mol. The number of halogens is 3. The summed E-state index contributed by atoms with van der Waals surface area (Å²) in [7, 11) is 0. The maximum absolute atomic E-state index is 13.4. The number of rotatable bonds is 4. The Balaban J connectivity index is 1.38. The quantitative estimate of drug-likeness (QED) is 0.633. The average Bonchev–Trinajstić information content (AvgIpc) is 3.08. The molecular weight excluding hydrogens is 427 g/mol. The normalized spacial score (nSPS) is 36.0. The van der Waals surface area contributed by atoms with Crippen molar-refractivity contribution >= 4 is 23.6 Å². The van der Waals surface area contributed by atoms with Gasteiger partial charge in [-0.3, -0.25) is 24.5 Å². The summed E-state index contributed by atoms with van der Waals surface area (Å²) in [6.45, 7) is 0.627. The van der Waals surface area contributed by atoms with Crippen molar-refractivity contribution in [3.8, 4) is 0 Å². The summed E-state index contributed by atoms with van der Waals surface area (Å²) >= 11 is 0. The zero-order valence-electron chi connectivity index (χ0n) is 18.0. The Hall–Kier alpha value is -2.13. The molecule has 6 atom stereocenters. The number of fused-ring (bicyclic) bond motifs is 1. The van der Waals surface area contributed by atoms with E-state index in [1.54, 1.807) is 4.90 Å². The molecule has 10 heteroatoms.